The second-order valence-electron chi connectivity index (χ2n) is 9.28. The molecular weight excluding hydrogens is 478 g/mol. The summed E-state index contributed by atoms with van der Waals surface area (Å²) in [5.41, 5.74) is 6.90. The molecule has 1 heterocycles. The van der Waals surface area contributed by atoms with Crippen LogP contribution in [-0.4, -0.2) is 34.0 Å². The topological polar surface area (TPSA) is 113 Å². The quantitative estimate of drug-likeness (QED) is 0.215. The Labute approximate surface area is 223 Å². The molecule has 1 amide bonds. The standard InChI is InChI=1S/C29H33N7O2/c1-17-7-13-24(19(3)15-17)32-28-34-27(35-29(36-28)33-25-14-8-18(2)16-20(25)4)30-21(5)26(37)31-22-9-11-23(38-6)12-10-22/h7-16,21H,1-6H3,(H,31,37)(H3,30,32,33,34,35,36)/t21-/m0/s1. The number of aryl methyl sites for hydroxylation is 4. The van der Waals surface area contributed by atoms with Gasteiger partial charge in [0.2, 0.25) is 23.8 Å². The lowest BCUT2D eigenvalue weighted by atomic mass is 10.1. The Morgan fingerprint density at radius 2 is 1.24 bits per heavy atom. The molecule has 0 fully saturated rings. The predicted octanol–water partition coefficient (Wildman–Crippen LogP) is 6.04. The maximum Gasteiger partial charge on any atom is 0.246 e. The molecule has 4 aromatic rings. The lowest BCUT2D eigenvalue weighted by Crippen LogP contribution is -2.32. The third kappa shape index (κ3) is 6.76. The molecule has 1 aromatic heterocycles. The minimum absolute atomic E-state index is 0.233. The van der Waals surface area contributed by atoms with Gasteiger partial charge in [-0.1, -0.05) is 35.4 Å². The molecule has 0 aliphatic heterocycles. The number of aromatic nitrogens is 3. The summed E-state index contributed by atoms with van der Waals surface area (Å²) in [6.07, 6.45) is 0. The van der Waals surface area contributed by atoms with Crippen molar-refractivity contribution in [3.8, 4) is 5.75 Å². The van der Waals surface area contributed by atoms with Crippen LogP contribution < -0.4 is 26.0 Å². The number of amides is 1. The van der Waals surface area contributed by atoms with E-state index in [1.807, 2.05) is 52.0 Å². The van der Waals surface area contributed by atoms with Gasteiger partial charge in [0.25, 0.3) is 0 Å². The average molecular weight is 512 g/mol. The number of hydrogen-bond donors (Lipinski definition) is 4. The van der Waals surface area contributed by atoms with Crippen molar-refractivity contribution < 1.29 is 9.53 Å². The van der Waals surface area contributed by atoms with E-state index in [1.165, 1.54) is 11.1 Å². The maximum absolute atomic E-state index is 12.9. The molecule has 0 radical (unpaired) electrons. The van der Waals surface area contributed by atoms with Gasteiger partial charge in [-0.25, -0.2) is 0 Å². The van der Waals surface area contributed by atoms with Gasteiger partial charge in [0, 0.05) is 17.1 Å². The summed E-state index contributed by atoms with van der Waals surface area (Å²) in [6, 6.07) is 18.7. The largest absolute Gasteiger partial charge is 0.497 e. The number of benzene rings is 3. The molecule has 0 bridgehead atoms. The highest BCUT2D eigenvalue weighted by Crippen LogP contribution is 2.24. The molecule has 196 valence electrons. The highest BCUT2D eigenvalue weighted by atomic mass is 16.5. The third-order valence-electron chi connectivity index (χ3n) is 5.99. The molecule has 9 heteroatoms. The Morgan fingerprint density at radius 3 is 1.71 bits per heavy atom. The molecule has 9 nitrogen and oxygen atoms in total. The molecule has 4 N–H and O–H groups in total. The number of anilines is 6. The summed E-state index contributed by atoms with van der Waals surface area (Å²) < 4.78 is 5.18. The van der Waals surface area contributed by atoms with E-state index in [9.17, 15) is 4.79 Å². The van der Waals surface area contributed by atoms with Gasteiger partial charge in [0.1, 0.15) is 11.8 Å². The number of nitrogens with zero attached hydrogens (tertiary/aromatic N) is 3. The molecule has 1 atom stereocenters. The fourth-order valence-corrected chi connectivity index (χ4v) is 3.88. The summed E-state index contributed by atoms with van der Waals surface area (Å²) in [5, 5.41) is 12.6. The lowest BCUT2D eigenvalue weighted by Gasteiger charge is -2.17. The second kappa shape index (κ2) is 11.6. The van der Waals surface area contributed by atoms with Crippen molar-refractivity contribution in [2.75, 3.05) is 28.4 Å². The van der Waals surface area contributed by atoms with Crippen molar-refractivity contribution in [1.29, 1.82) is 0 Å². The van der Waals surface area contributed by atoms with Crippen LogP contribution in [0.4, 0.5) is 34.9 Å². The van der Waals surface area contributed by atoms with Crippen molar-refractivity contribution in [2.24, 2.45) is 0 Å². The first kappa shape index (κ1) is 26.4. The molecule has 0 aliphatic rings. The first-order chi connectivity index (χ1) is 18.2. The van der Waals surface area contributed by atoms with Crippen LogP contribution in [-0.2, 0) is 4.79 Å². The normalized spacial score (nSPS) is 11.4. The number of carbonyl (C=O) groups is 1. The minimum atomic E-state index is -0.623. The van der Waals surface area contributed by atoms with Crippen LogP contribution in [0.15, 0.2) is 60.7 Å². The van der Waals surface area contributed by atoms with Crippen molar-refractivity contribution in [1.82, 2.24) is 15.0 Å². The summed E-state index contributed by atoms with van der Waals surface area (Å²) in [6.45, 7) is 9.89. The van der Waals surface area contributed by atoms with Crippen LogP contribution in [0.2, 0.25) is 0 Å². The molecule has 4 rings (SSSR count). The number of hydrogen-bond acceptors (Lipinski definition) is 8. The van der Waals surface area contributed by atoms with Crippen LogP contribution in [0.3, 0.4) is 0 Å². The van der Waals surface area contributed by atoms with E-state index in [1.54, 1.807) is 38.3 Å². The van der Waals surface area contributed by atoms with Crippen LogP contribution >= 0.6 is 0 Å². The zero-order valence-corrected chi connectivity index (χ0v) is 22.5. The molecule has 0 saturated carbocycles. The van der Waals surface area contributed by atoms with Crippen molar-refractivity contribution >= 4 is 40.8 Å². The number of methoxy groups -OCH3 is 1. The van der Waals surface area contributed by atoms with Crippen LogP contribution in [0.25, 0.3) is 0 Å². The van der Waals surface area contributed by atoms with E-state index in [4.69, 9.17) is 4.74 Å². The van der Waals surface area contributed by atoms with Gasteiger partial charge in [-0.15, -0.1) is 0 Å². The smallest absolute Gasteiger partial charge is 0.246 e. The summed E-state index contributed by atoms with van der Waals surface area (Å²) in [7, 11) is 1.60. The number of ether oxygens (including phenoxy) is 1. The van der Waals surface area contributed by atoms with E-state index in [-0.39, 0.29) is 11.9 Å². The maximum atomic E-state index is 12.9. The molecule has 0 saturated heterocycles. The Hall–Kier alpha value is -4.66. The third-order valence-corrected chi connectivity index (χ3v) is 5.99. The van der Waals surface area contributed by atoms with Gasteiger partial charge < -0.3 is 26.0 Å². The van der Waals surface area contributed by atoms with Gasteiger partial charge in [-0.2, -0.15) is 15.0 Å². The zero-order chi connectivity index (χ0) is 27.2. The molecule has 38 heavy (non-hydrogen) atoms. The number of nitrogens with one attached hydrogen (secondary N) is 4. The highest BCUT2D eigenvalue weighted by molar-refractivity contribution is 5.96. The average Bonchev–Trinajstić information content (AvgIpc) is 2.88. The monoisotopic (exact) mass is 511 g/mol. The lowest BCUT2D eigenvalue weighted by molar-refractivity contribution is -0.116. The van der Waals surface area contributed by atoms with Crippen molar-refractivity contribution in [3.63, 3.8) is 0 Å². The fourth-order valence-electron chi connectivity index (χ4n) is 3.88. The zero-order valence-electron chi connectivity index (χ0n) is 22.5. The van der Waals surface area contributed by atoms with Gasteiger partial charge in [0.05, 0.1) is 7.11 Å². The predicted molar refractivity (Wildman–Crippen MR) is 153 cm³/mol. The van der Waals surface area contributed by atoms with Gasteiger partial charge >= 0.3 is 0 Å². The SMILES string of the molecule is COc1ccc(NC(=O)[C@H](C)Nc2nc(Nc3ccc(C)cc3C)nc(Nc3ccc(C)cc3C)n2)cc1. The summed E-state index contributed by atoms with van der Waals surface area (Å²) in [5.74, 6) is 1.45. The van der Waals surface area contributed by atoms with Crippen molar-refractivity contribution in [3.05, 3.63) is 82.9 Å². The molecule has 3 aromatic carbocycles. The van der Waals surface area contributed by atoms with Gasteiger partial charge in [0.15, 0.2) is 0 Å². The van der Waals surface area contributed by atoms with Gasteiger partial charge in [-0.05, 0) is 82.1 Å². The fraction of sp³-hybridized carbons (Fsp3) is 0.241. The number of rotatable bonds is 9. The molecule has 0 spiro atoms. The van der Waals surface area contributed by atoms with Crippen molar-refractivity contribution in [2.45, 2.75) is 40.7 Å². The first-order valence-corrected chi connectivity index (χ1v) is 12.4. The highest BCUT2D eigenvalue weighted by Gasteiger charge is 2.17. The second-order valence-corrected chi connectivity index (χ2v) is 9.28. The summed E-state index contributed by atoms with van der Waals surface area (Å²) >= 11 is 0. The van der Waals surface area contributed by atoms with Crippen LogP contribution in [0.1, 0.15) is 29.2 Å². The number of carbonyl (C=O) groups excluding carboxylic acids is 1. The Kier molecular flexibility index (Phi) is 8.06. The van der Waals surface area contributed by atoms with E-state index in [2.05, 4.69) is 48.4 Å². The Balaban J connectivity index is 1.58. The Bertz CT molecular complexity index is 1370. The van der Waals surface area contributed by atoms with Crippen LogP contribution in [0.5, 0.6) is 5.75 Å². The van der Waals surface area contributed by atoms with E-state index in [0.717, 1.165) is 22.5 Å². The first-order valence-electron chi connectivity index (χ1n) is 12.4. The van der Waals surface area contributed by atoms with E-state index in [0.29, 0.717) is 23.3 Å². The van der Waals surface area contributed by atoms with E-state index < -0.39 is 6.04 Å². The van der Waals surface area contributed by atoms with Gasteiger partial charge in [-0.3, -0.25) is 4.79 Å². The van der Waals surface area contributed by atoms with Crippen LogP contribution in [0, 0.1) is 27.7 Å². The minimum Gasteiger partial charge on any atom is -0.497 e. The molecule has 0 aliphatic carbocycles. The molecular formula is C29H33N7O2. The molecule has 0 unspecified atom stereocenters. The summed E-state index contributed by atoms with van der Waals surface area (Å²) in [4.78, 5) is 26.5. The van der Waals surface area contributed by atoms with E-state index >= 15 is 0 Å². The Morgan fingerprint density at radius 1 is 0.737 bits per heavy atom.